The zero-order valence-corrected chi connectivity index (χ0v) is 19.2. The molecule has 0 atom stereocenters. The van der Waals surface area contributed by atoms with Gasteiger partial charge in [-0.1, -0.05) is 43.2 Å². The first-order chi connectivity index (χ1) is 14.8. The van der Waals surface area contributed by atoms with Gasteiger partial charge in [-0.2, -0.15) is 4.58 Å². The van der Waals surface area contributed by atoms with Crippen LogP contribution in [0, 0.1) is 12.7 Å². The van der Waals surface area contributed by atoms with Crippen molar-refractivity contribution in [2.75, 3.05) is 6.54 Å². The van der Waals surface area contributed by atoms with E-state index in [0.717, 1.165) is 65.1 Å². The Kier molecular flexibility index (Phi) is 5.55. The van der Waals surface area contributed by atoms with Crippen LogP contribution in [-0.4, -0.2) is 22.6 Å². The summed E-state index contributed by atoms with van der Waals surface area (Å²) in [5.41, 5.74) is 7.53. The van der Waals surface area contributed by atoms with Gasteiger partial charge in [-0.25, -0.2) is 4.39 Å². The molecule has 0 fully saturated rings. The van der Waals surface area contributed by atoms with Crippen molar-refractivity contribution in [1.82, 2.24) is 0 Å². The highest BCUT2D eigenvalue weighted by Crippen LogP contribution is 2.43. The van der Waals surface area contributed by atoms with Gasteiger partial charge in [0.05, 0.1) is 5.41 Å². The average molecular weight is 417 g/mol. The van der Waals surface area contributed by atoms with Crippen molar-refractivity contribution in [3.8, 4) is 0 Å². The Hall–Kier alpha value is -2.81. The summed E-state index contributed by atoms with van der Waals surface area (Å²) in [5.74, 6) is -0.119. The number of aryl methyl sites for hydroxylation is 1. The number of carbonyl (C=O) groups excluding carboxylic acids is 1. The first-order valence-electron chi connectivity index (χ1n) is 11.3. The third kappa shape index (κ3) is 3.60. The minimum Gasteiger partial charge on any atom is -0.289 e. The van der Waals surface area contributed by atoms with Crippen LogP contribution in [0.2, 0.25) is 0 Å². The number of nitrogens with zero attached hydrogens (tertiary/aromatic N) is 1. The second-order valence-corrected chi connectivity index (χ2v) is 9.28. The van der Waals surface area contributed by atoms with Crippen LogP contribution in [0.15, 0.2) is 59.7 Å². The molecule has 0 saturated carbocycles. The van der Waals surface area contributed by atoms with Crippen molar-refractivity contribution in [3.63, 3.8) is 0 Å². The fraction of sp³-hybridized carbons (Fsp3) is 0.357. The zero-order valence-electron chi connectivity index (χ0n) is 19.2. The zero-order chi connectivity index (χ0) is 22.3. The molecule has 2 aliphatic rings. The lowest BCUT2D eigenvalue weighted by molar-refractivity contribution is -0.438. The molecule has 160 valence electrons. The average Bonchev–Trinajstić information content (AvgIpc) is 2.94. The lowest BCUT2D eigenvalue weighted by Gasteiger charge is -2.25. The molecule has 1 heterocycles. The van der Waals surface area contributed by atoms with E-state index in [9.17, 15) is 9.18 Å². The predicted molar refractivity (Wildman–Crippen MR) is 126 cm³/mol. The molecule has 0 amide bonds. The largest absolute Gasteiger partial charge is 0.289 e. The number of halogens is 1. The van der Waals surface area contributed by atoms with Crippen molar-refractivity contribution in [2.45, 2.75) is 59.3 Å². The summed E-state index contributed by atoms with van der Waals surface area (Å²) in [4.78, 5) is 13.1. The van der Waals surface area contributed by atoms with Gasteiger partial charge in [-0.05, 0) is 57.4 Å². The summed E-state index contributed by atoms with van der Waals surface area (Å²) in [5, 5.41) is 0. The summed E-state index contributed by atoms with van der Waals surface area (Å²) >= 11 is 0. The van der Waals surface area contributed by atoms with Crippen LogP contribution >= 0.6 is 0 Å². The number of unbranched alkanes of at least 4 members (excludes halogenated alkanes) is 2. The second kappa shape index (κ2) is 8.03. The van der Waals surface area contributed by atoms with Crippen LogP contribution in [0.1, 0.15) is 63.6 Å². The second-order valence-electron chi connectivity index (χ2n) is 9.28. The topological polar surface area (TPSA) is 20.1 Å². The van der Waals surface area contributed by atoms with Crippen LogP contribution in [0.25, 0.3) is 5.57 Å². The van der Waals surface area contributed by atoms with E-state index in [4.69, 9.17) is 0 Å². The molecule has 2 aromatic carbocycles. The van der Waals surface area contributed by atoms with Crippen molar-refractivity contribution < 1.29 is 13.8 Å². The fourth-order valence-corrected chi connectivity index (χ4v) is 4.79. The minimum atomic E-state index is -0.364. The number of hydrogen-bond acceptors (Lipinski definition) is 1. The molecular formula is C28H31FNO+. The number of benzene rings is 2. The number of hydrogen-bond donors (Lipinski definition) is 0. The summed E-state index contributed by atoms with van der Waals surface area (Å²) in [6.07, 6.45) is 5.41. The van der Waals surface area contributed by atoms with Gasteiger partial charge in [0.2, 0.25) is 5.69 Å². The molecule has 1 aliphatic heterocycles. The van der Waals surface area contributed by atoms with Gasteiger partial charge >= 0.3 is 0 Å². The summed E-state index contributed by atoms with van der Waals surface area (Å²) in [6.45, 7) is 11.4. The highest BCUT2D eigenvalue weighted by Gasteiger charge is 2.46. The van der Waals surface area contributed by atoms with E-state index in [-0.39, 0.29) is 17.0 Å². The predicted octanol–water partition coefficient (Wildman–Crippen LogP) is 6.68. The number of fused-ring (bicyclic) bond motifs is 1. The first kappa shape index (κ1) is 21.4. The van der Waals surface area contributed by atoms with Crippen molar-refractivity contribution >= 4 is 22.8 Å². The molecule has 0 unspecified atom stereocenters. The van der Waals surface area contributed by atoms with Gasteiger partial charge in [0.1, 0.15) is 12.4 Å². The maximum atomic E-state index is 14.1. The van der Waals surface area contributed by atoms with Crippen LogP contribution in [0.4, 0.5) is 10.1 Å². The standard InChI is InChI=1S/C28H31FNO/c1-6-7-8-15-30-24-14-13-21(29)16-23(24)28(4,5)25(30)17-22-19(3)26(27(22)31)20-11-9-18(2)10-12-20/h9-14,16-17H,6-8,15H2,1-5H3/q+1/b22-17-. The van der Waals surface area contributed by atoms with E-state index in [0.29, 0.717) is 0 Å². The molecule has 0 saturated heterocycles. The Bertz CT molecular complexity index is 1150. The van der Waals surface area contributed by atoms with Crippen LogP contribution < -0.4 is 0 Å². The summed E-state index contributed by atoms with van der Waals surface area (Å²) in [7, 11) is 0. The van der Waals surface area contributed by atoms with Gasteiger partial charge in [0.25, 0.3) is 0 Å². The lowest BCUT2D eigenvalue weighted by atomic mass is 9.75. The minimum absolute atomic E-state index is 0.0975. The Morgan fingerprint density at radius 3 is 2.39 bits per heavy atom. The number of Topliss-reactive ketones (excluding diaryl/α,β-unsaturated/α-hetero) is 1. The first-order valence-corrected chi connectivity index (χ1v) is 11.3. The Morgan fingerprint density at radius 2 is 1.74 bits per heavy atom. The van der Waals surface area contributed by atoms with E-state index < -0.39 is 0 Å². The van der Waals surface area contributed by atoms with E-state index in [1.165, 1.54) is 11.6 Å². The molecule has 0 bridgehead atoms. The van der Waals surface area contributed by atoms with Crippen LogP contribution in [-0.2, 0) is 10.2 Å². The van der Waals surface area contributed by atoms with Crippen molar-refractivity contribution in [3.05, 3.63) is 82.2 Å². The molecule has 0 spiro atoms. The summed E-state index contributed by atoms with van der Waals surface area (Å²) in [6, 6.07) is 13.2. The molecule has 1 aliphatic carbocycles. The van der Waals surface area contributed by atoms with E-state index >= 15 is 0 Å². The molecule has 0 N–H and O–H groups in total. The highest BCUT2D eigenvalue weighted by molar-refractivity contribution is 6.40. The Morgan fingerprint density at radius 1 is 1.03 bits per heavy atom. The smallest absolute Gasteiger partial charge is 0.209 e. The molecule has 3 heteroatoms. The lowest BCUT2D eigenvalue weighted by Crippen LogP contribution is -2.30. The van der Waals surface area contributed by atoms with Gasteiger partial charge in [0.15, 0.2) is 11.5 Å². The maximum Gasteiger partial charge on any atom is 0.209 e. The van der Waals surface area contributed by atoms with Gasteiger partial charge in [-0.3, -0.25) is 4.79 Å². The number of ketones is 1. The monoisotopic (exact) mass is 416 g/mol. The number of allylic oxidation sites excluding steroid dienone is 4. The molecular weight excluding hydrogens is 385 g/mol. The third-order valence-corrected chi connectivity index (χ3v) is 6.71. The van der Waals surface area contributed by atoms with Gasteiger partial charge in [-0.15, -0.1) is 0 Å². The fourth-order valence-electron chi connectivity index (χ4n) is 4.79. The molecule has 31 heavy (non-hydrogen) atoms. The highest BCUT2D eigenvalue weighted by atomic mass is 19.1. The third-order valence-electron chi connectivity index (χ3n) is 6.71. The SMILES string of the molecule is CCCCC[N+]1=C(/C=C2\C(=O)C(c3ccc(C)cc3)=C2C)C(C)(C)c2cc(F)ccc21. The number of rotatable bonds is 6. The maximum absolute atomic E-state index is 14.1. The Labute approximate surface area is 184 Å². The quantitative estimate of drug-likeness (QED) is 0.292. The van der Waals surface area contributed by atoms with Crippen molar-refractivity contribution in [1.29, 1.82) is 0 Å². The molecule has 2 nitrogen and oxygen atoms in total. The van der Waals surface area contributed by atoms with Crippen LogP contribution in [0.5, 0.6) is 0 Å². The molecule has 0 aromatic heterocycles. The van der Waals surface area contributed by atoms with Crippen LogP contribution in [0.3, 0.4) is 0 Å². The Balaban J connectivity index is 1.79. The van der Waals surface area contributed by atoms with E-state index in [2.05, 4.69) is 31.4 Å². The normalized spacial score (nSPS) is 18.6. The van der Waals surface area contributed by atoms with E-state index in [1.54, 1.807) is 6.07 Å². The van der Waals surface area contributed by atoms with Crippen molar-refractivity contribution in [2.24, 2.45) is 0 Å². The number of carbonyl (C=O) groups is 1. The molecule has 2 aromatic rings. The van der Waals surface area contributed by atoms with E-state index in [1.807, 2.05) is 44.2 Å². The van der Waals surface area contributed by atoms with Gasteiger partial charge in [0, 0.05) is 35.3 Å². The summed E-state index contributed by atoms with van der Waals surface area (Å²) < 4.78 is 16.4. The molecule has 0 radical (unpaired) electrons. The van der Waals surface area contributed by atoms with Gasteiger partial charge < -0.3 is 0 Å². The molecule has 4 rings (SSSR count).